The molecule has 3 heteroatoms. The summed E-state index contributed by atoms with van der Waals surface area (Å²) in [5, 5.41) is 3.10. The molecule has 0 amide bonds. The first-order chi connectivity index (χ1) is 5.77. The van der Waals surface area contributed by atoms with Crippen molar-refractivity contribution in [3.8, 4) is 0 Å². The Bertz CT molecular complexity index is 268. The molecule has 0 spiro atoms. The molecule has 0 unspecified atom stereocenters. The van der Waals surface area contributed by atoms with Crippen LogP contribution in [0.15, 0.2) is 24.3 Å². The average molecular weight is 181 g/mol. The molecule has 0 bridgehead atoms. The van der Waals surface area contributed by atoms with E-state index in [1.54, 1.807) is 6.26 Å². The van der Waals surface area contributed by atoms with Crippen LogP contribution in [0.5, 0.6) is 0 Å². The highest BCUT2D eigenvalue weighted by molar-refractivity contribution is 8.13. The molecule has 1 rings (SSSR count). The minimum absolute atomic E-state index is 0.109. The molecule has 1 N–H and O–H groups in total. The molecule has 2 nitrogen and oxygen atoms in total. The second-order valence-corrected chi connectivity index (χ2v) is 3.10. The summed E-state index contributed by atoms with van der Waals surface area (Å²) in [6, 6.07) is 7.43. The van der Waals surface area contributed by atoms with E-state index >= 15 is 0 Å². The van der Waals surface area contributed by atoms with Crippen molar-refractivity contribution in [2.75, 3.05) is 18.6 Å². The molecule has 12 heavy (non-hydrogen) atoms. The van der Waals surface area contributed by atoms with Gasteiger partial charge in [0.05, 0.1) is 0 Å². The fraction of sp³-hybridized carbons (Fsp3) is 0.222. The lowest BCUT2D eigenvalue weighted by Gasteiger charge is -2.00. The number of hydrogen-bond acceptors (Lipinski definition) is 3. The second kappa shape index (κ2) is 4.16. The van der Waals surface area contributed by atoms with E-state index in [0.717, 1.165) is 11.3 Å². The Morgan fingerprint density at radius 3 is 2.33 bits per heavy atom. The lowest BCUT2D eigenvalue weighted by atomic mass is 10.2. The van der Waals surface area contributed by atoms with Crippen LogP contribution in [0.4, 0.5) is 5.69 Å². The number of rotatable bonds is 2. The van der Waals surface area contributed by atoms with E-state index in [-0.39, 0.29) is 5.12 Å². The number of thioether (sulfide) groups is 1. The summed E-state index contributed by atoms with van der Waals surface area (Å²) in [7, 11) is 1.85. The van der Waals surface area contributed by atoms with E-state index in [4.69, 9.17) is 0 Å². The Morgan fingerprint density at radius 1 is 1.33 bits per heavy atom. The maximum Gasteiger partial charge on any atom is 0.219 e. The zero-order valence-corrected chi connectivity index (χ0v) is 7.94. The third-order valence-electron chi connectivity index (χ3n) is 1.59. The van der Waals surface area contributed by atoms with Crippen molar-refractivity contribution in [3.05, 3.63) is 29.8 Å². The second-order valence-electron chi connectivity index (χ2n) is 2.32. The fourth-order valence-corrected chi connectivity index (χ4v) is 1.26. The SMILES string of the molecule is CNc1ccc(C(=O)SC)cc1. The lowest BCUT2D eigenvalue weighted by molar-refractivity contribution is 0.108. The first-order valence-corrected chi connectivity index (χ1v) is 4.86. The highest BCUT2D eigenvalue weighted by Gasteiger charge is 2.01. The summed E-state index contributed by atoms with van der Waals surface area (Å²) >= 11 is 1.23. The van der Waals surface area contributed by atoms with Gasteiger partial charge < -0.3 is 5.32 Å². The maximum atomic E-state index is 11.2. The third-order valence-corrected chi connectivity index (χ3v) is 2.20. The maximum absolute atomic E-state index is 11.2. The Kier molecular flexibility index (Phi) is 3.17. The van der Waals surface area contributed by atoms with Crippen molar-refractivity contribution >= 4 is 22.6 Å². The zero-order valence-electron chi connectivity index (χ0n) is 7.13. The van der Waals surface area contributed by atoms with Crippen LogP contribution in [0.25, 0.3) is 0 Å². The summed E-state index contributed by atoms with van der Waals surface area (Å²) in [6.45, 7) is 0. The van der Waals surface area contributed by atoms with E-state index in [2.05, 4.69) is 5.32 Å². The monoisotopic (exact) mass is 181 g/mol. The van der Waals surface area contributed by atoms with Crippen LogP contribution in [0.2, 0.25) is 0 Å². The Morgan fingerprint density at radius 2 is 1.92 bits per heavy atom. The molecule has 64 valence electrons. The molecule has 0 saturated carbocycles. The number of anilines is 1. The number of carbonyl (C=O) groups is 1. The molecule has 0 saturated heterocycles. The summed E-state index contributed by atoms with van der Waals surface area (Å²) in [5.41, 5.74) is 1.77. The minimum Gasteiger partial charge on any atom is -0.388 e. The van der Waals surface area contributed by atoms with Crippen molar-refractivity contribution in [1.29, 1.82) is 0 Å². The molecular formula is C9H11NOS. The molecule has 0 radical (unpaired) electrons. The molecule has 0 aromatic heterocycles. The number of hydrogen-bond donors (Lipinski definition) is 1. The van der Waals surface area contributed by atoms with Crippen LogP contribution in [-0.4, -0.2) is 18.4 Å². The molecule has 0 aliphatic rings. The molecule has 0 aliphatic carbocycles. The number of nitrogens with one attached hydrogen (secondary N) is 1. The van der Waals surface area contributed by atoms with Gasteiger partial charge in [-0.05, 0) is 30.5 Å². The largest absolute Gasteiger partial charge is 0.388 e. The standard InChI is InChI=1S/C9H11NOS/c1-10-8-5-3-7(4-6-8)9(11)12-2/h3-6,10H,1-2H3. The molecule has 0 fully saturated rings. The van der Waals surface area contributed by atoms with Gasteiger partial charge in [-0.25, -0.2) is 0 Å². The molecule has 0 aliphatic heterocycles. The van der Waals surface area contributed by atoms with Crippen LogP contribution in [-0.2, 0) is 0 Å². The first kappa shape index (κ1) is 9.13. The molecule has 1 aromatic rings. The van der Waals surface area contributed by atoms with Crippen molar-refractivity contribution < 1.29 is 4.79 Å². The van der Waals surface area contributed by atoms with Gasteiger partial charge in [0.2, 0.25) is 5.12 Å². The van der Waals surface area contributed by atoms with E-state index in [0.29, 0.717) is 0 Å². The van der Waals surface area contributed by atoms with Gasteiger partial charge in [-0.2, -0.15) is 0 Å². The van der Waals surface area contributed by atoms with Crippen LogP contribution in [0, 0.1) is 0 Å². The normalized spacial score (nSPS) is 9.50. The van der Waals surface area contributed by atoms with E-state index in [1.807, 2.05) is 31.3 Å². The van der Waals surface area contributed by atoms with Gasteiger partial charge in [0, 0.05) is 18.3 Å². The van der Waals surface area contributed by atoms with Gasteiger partial charge in [-0.15, -0.1) is 0 Å². The van der Waals surface area contributed by atoms with Gasteiger partial charge in [0.25, 0.3) is 0 Å². The van der Waals surface area contributed by atoms with Crippen LogP contribution in [0.3, 0.4) is 0 Å². The zero-order chi connectivity index (χ0) is 8.97. The summed E-state index contributed by atoms with van der Waals surface area (Å²) < 4.78 is 0. The summed E-state index contributed by atoms with van der Waals surface area (Å²) in [5.74, 6) is 0. The predicted octanol–water partition coefficient (Wildman–Crippen LogP) is 2.23. The summed E-state index contributed by atoms with van der Waals surface area (Å²) in [4.78, 5) is 11.2. The van der Waals surface area contributed by atoms with Crippen molar-refractivity contribution in [1.82, 2.24) is 0 Å². The molecule has 0 heterocycles. The van der Waals surface area contributed by atoms with Gasteiger partial charge in [0.1, 0.15) is 0 Å². The van der Waals surface area contributed by atoms with Crippen molar-refractivity contribution in [2.45, 2.75) is 0 Å². The van der Waals surface area contributed by atoms with E-state index in [9.17, 15) is 4.79 Å². The number of carbonyl (C=O) groups excluding carboxylic acids is 1. The van der Waals surface area contributed by atoms with Gasteiger partial charge >= 0.3 is 0 Å². The minimum atomic E-state index is 0.109. The topological polar surface area (TPSA) is 29.1 Å². The third kappa shape index (κ3) is 2.01. The van der Waals surface area contributed by atoms with E-state index in [1.165, 1.54) is 11.8 Å². The molecular weight excluding hydrogens is 170 g/mol. The molecule has 1 aromatic carbocycles. The van der Waals surface area contributed by atoms with Crippen LogP contribution < -0.4 is 5.32 Å². The van der Waals surface area contributed by atoms with Crippen LogP contribution in [0.1, 0.15) is 10.4 Å². The predicted molar refractivity (Wildman–Crippen MR) is 53.8 cm³/mol. The quantitative estimate of drug-likeness (QED) is 0.758. The van der Waals surface area contributed by atoms with E-state index < -0.39 is 0 Å². The highest BCUT2D eigenvalue weighted by Crippen LogP contribution is 2.12. The van der Waals surface area contributed by atoms with Crippen molar-refractivity contribution in [3.63, 3.8) is 0 Å². The highest BCUT2D eigenvalue weighted by atomic mass is 32.2. The Labute approximate surface area is 76.4 Å². The lowest BCUT2D eigenvalue weighted by Crippen LogP contribution is -1.93. The van der Waals surface area contributed by atoms with Gasteiger partial charge in [0.15, 0.2) is 0 Å². The van der Waals surface area contributed by atoms with Crippen molar-refractivity contribution in [2.24, 2.45) is 0 Å². The van der Waals surface area contributed by atoms with Gasteiger partial charge in [-0.3, -0.25) is 4.79 Å². The van der Waals surface area contributed by atoms with Crippen LogP contribution >= 0.6 is 11.8 Å². The Hall–Kier alpha value is -0.960. The Balaban J connectivity index is 2.84. The smallest absolute Gasteiger partial charge is 0.219 e. The number of benzene rings is 1. The molecule has 0 atom stereocenters. The summed E-state index contributed by atoms with van der Waals surface area (Å²) in [6.07, 6.45) is 1.79. The fourth-order valence-electron chi connectivity index (χ4n) is 0.891. The van der Waals surface area contributed by atoms with Gasteiger partial charge in [-0.1, -0.05) is 11.8 Å². The first-order valence-electron chi connectivity index (χ1n) is 3.64. The average Bonchev–Trinajstić information content (AvgIpc) is 2.17.